The molecule has 2 unspecified atom stereocenters. The van der Waals surface area contributed by atoms with Gasteiger partial charge < -0.3 is 16.4 Å². The fraction of sp³-hybridized carbons (Fsp3) is 0.500. The summed E-state index contributed by atoms with van der Waals surface area (Å²) >= 11 is 0. The van der Waals surface area contributed by atoms with Crippen LogP contribution in [0.1, 0.15) is 38.2 Å². The monoisotopic (exact) mass is 325 g/mol. The first-order chi connectivity index (χ1) is 9.95. The molecule has 22 heavy (non-hydrogen) atoms. The highest BCUT2D eigenvalue weighted by molar-refractivity contribution is 5.95. The second kappa shape index (κ2) is 8.15. The molecule has 2 atom stereocenters. The van der Waals surface area contributed by atoms with E-state index in [9.17, 15) is 9.59 Å². The Morgan fingerprint density at radius 3 is 2.59 bits per heavy atom. The molecule has 0 radical (unpaired) electrons. The summed E-state index contributed by atoms with van der Waals surface area (Å²) in [6.45, 7) is 3.38. The van der Waals surface area contributed by atoms with E-state index in [0.717, 1.165) is 36.9 Å². The van der Waals surface area contributed by atoms with Gasteiger partial charge in [-0.3, -0.25) is 9.59 Å². The van der Waals surface area contributed by atoms with Crippen LogP contribution in [0.25, 0.3) is 0 Å². The van der Waals surface area contributed by atoms with Gasteiger partial charge in [0.05, 0.1) is 0 Å². The Bertz CT molecular complexity index is 548. The summed E-state index contributed by atoms with van der Waals surface area (Å²) < 4.78 is 0. The summed E-state index contributed by atoms with van der Waals surface area (Å²) in [6.07, 6.45) is 3.64. The quantitative estimate of drug-likeness (QED) is 0.799. The summed E-state index contributed by atoms with van der Waals surface area (Å²) in [4.78, 5) is 23.4. The van der Waals surface area contributed by atoms with Gasteiger partial charge in [-0.15, -0.1) is 12.4 Å². The van der Waals surface area contributed by atoms with Crippen LogP contribution in [-0.2, 0) is 9.59 Å². The third-order valence-corrected chi connectivity index (χ3v) is 3.90. The Morgan fingerprint density at radius 1 is 1.23 bits per heavy atom. The highest BCUT2D eigenvalue weighted by atomic mass is 35.5. The lowest BCUT2D eigenvalue weighted by Crippen LogP contribution is -2.34. The van der Waals surface area contributed by atoms with E-state index in [1.807, 2.05) is 19.1 Å². The topological polar surface area (TPSA) is 84.2 Å². The molecule has 0 heterocycles. The van der Waals surface area contributed by atoms with Gasteiger partial charge in [-0.05, 0) is 43.9 Å². The van der Waals surface area contributed by atoms with Gasteiger partial charge in [0.2, 0.25) is 11.8 Å². The Hall–Kier alpha value is -1.59. The van der Waals surface area contributed by atoms with E-state index in [1.54, 1.807) is 6.07 Å². The van der Waals surface area contributed by atoms with Gasteiger partial charge in [0.15, 0.2) is 0 Å². The second-order valence-corrected chi connectivity index (χ2v) is 5.82. The van der Waals surface area contributed by atoms with Gasteiger partial charge in [0, 0.05) is 30.3 Å². The molecule has 5 nitrogen and oxygen atoms in total. The molecule has 1 aromatic rings. The minimum atomic E-state index is -0.125. The molecule has 1 aliphatic carbocycles. The van der Waals surface area contributed by atoms with Crippen molar-refractivity contribution in [2.45, 2.75) is 45.6 Å². The summed E-state index contributed by atoms with van der Waals surface area (Å²) in [5, 5.41) is 5.69. The number of halogens is 1. The van der Waals surface area contributed by atoms with Crippen LogP contribution in [0.5, 0.6) is 0 Å². The maximum atomic E-state index is 12.3. The molecule has 2 amide bonds. The van der Waals surface area contributed by atoms with Crippen LogP contribution in [0.3, 0.4) is 0 Å². The minimum Gasteiger partial charge on any atom is -0.328 e. The standard InChI is InChI=1S/C16H23N3O2.ClH/c1-10-6-7-14(9-15(10)18-11(2)20)19-16(21)12-4-3-5-13(17)8-12;/h6-7,9,12-13H,3-5,8,17H2,1-2H3,(H,18,20)(H,19,21);1H. The molecule has 4 N–H and O–H groups in total. The molecule has 1 saturated carbocycles. The Kier molecular flexibility index (Phi) is 6.84. The zero-order valence-electron chi connectivity index (χ0n) is 13.0. The van der Waals surface area contributed by atoms with Crippen LogP contribution in [0, 0.1) is 12.8 Å². The number of nitrogens with one attached hydrogen (secondary N) is 2. The van der Waals surface area contributed by atoms with Crippen molar-refractivity contribution in [2.24, 2.45) is 11.7 Å². The normalized spacial score (nSPS) is 20.7. The third kappa shape index (κ3) is 5.00. The molecule has 0 aromatic heterocycles. The maximum Gasteiger partial charge on any atom is 0.227 e. The summed E-state index contributed by atoms with van der Waals surface area (Å²) in [6, 6.07) is 5.65. The van der Waals surface area contributed by atoms with Gasteiger partial charge in [-0.1, -0.05) is 12.5 Å². The zero-order valence-corrected chi connectivity index (χ0v) is 13.8. The summed E-state index contributed by atoms with van der Waals surface area (Å²) in [7, 11) is 0. The van der Waals surface area contributed by atoms with Gasteiger partial charge >= 0.3 is 0 Å². The van der Waals surface area contributed by atoms with Crippen molar-refractivity contribution in [3.05, 3.63) is 23.8 Å². The van der Waals surface area contributed by atoms with Crippen molar-refractivity contribution < 1.29 is 9.59 Å². The molecule has 6 heteroatoms. The van der Waals surface area contributed by atoms with E-state index in [2.05, 4.69) is 10.6 Å². The number of carbonyl (C=O) groups excluding carboxylic acids is 2. The van der Waals surface area contributed by atoms with Crippen LogP contribution >= 0.6 is 12.4 Å². The zero-order chi connectivity index (χ0) is 15.4. The molecule has 1 aromatic carbocycles. The fourth-order valence-electron chi connectivity index (χ4n) is 2.73. The molecule has 1 fully saturated rings. The minimum absolute atomic E-state index is 0. The highest BCUT2D eigenvalue weighted by Crippen LogP contribution is 2.26. The number of amides is 2. The van der Waals surface area contributed by atoms with Crippen molar-refractivity contribution in [1.29, 1.82) is 0 Å². The van der Waals surface area contributed by atoms with E-state index in [-0.39, 0.29) is 36.2 Å². The highest BCUT2D eigenvalue weighted by Gasteiger charge is 2.25. The first-order valence-corrected chi connectivity index (χ1v) is 7.40. The van der Waals surface area contributed by atoms with E-state index in [4.69, 9.17) is 5.73 Å². The molecule has 0 aliphatic heterocycles. The van der Waals surface area contributed by atoms with Crippen molar-refractivity contribution in [3.8, 4) is 0 Å². The first kappa shape index (κ1) is 18.5. The number of anilines is 2. The van der Waals surface area contributed by atoms with Crippen molar-refractivity contribution in [2.75, 3.05) is 10.6 Å². The lowest BCUT2D eigenvalue weighted by molar-refractivity contribution is -0.121. The fourth-order valence-corrected chi connectivity index (χ4v) is 2.73. The Labute approximate surface area is 137 Å². The number of aryl methyl sites for hydroxylation is 1. The number of benzene rings is 1. The van der Waals surface area contributed by atoms with E-state index in [1.165, 1.54) is 6.92 Å². The average Bonchev–Trinajstić information content (AvgIpc) is 2.42. The van der Waals surface area contributed by atoms with Crippen LogP contribution in [0.2, 0.25) is 0 Å². The van der Waals surface area contributed by atoms with E-state index < -0.39 is 0 Å². The van der Waals surface area contributed by atoms with Gasteiger partial charge in [-0.2, -0.15) is 0 Å². The molecule has 1 aliphatic rings. The van der Waals surface area contributed by atoms with Crippen LogP contribution in [0.4, 0.5) is 11.4 Å². The van der Waals surface area contributed by atoms with E-state index in [0.29, 0.717) is 5.69 Å². The molecular formula is C16H24ClN3O2. The molecule has 0 saturated heterocycles. The van der Waals surface area contributed by atoms with Crippen molar-refractivity contribution in [1.82, 2.24) is 0 Å². The molecule has 2 rings (SSSR count). The van der Waals surface area contributed by atoms with Gasteiger partial charge in [0.1, 0.15) is 0 Å². The SMILES string of the molecule is CC(=O)Nc1cc(NC(=O)C2CCCC(N)C2)ccc1C.Cl. The number of hydrogen-bond donors (Lipinski definition) is 3. The lowest BCUT2D eigenvalue weighted by Gasteiger charge is -2.25. The first-order valence-electron chi connectivity index (χ1n) is 7.40. The Balaban J connectivity index is 0.00000242. The maximum absolute atomic E-state index is 12.3. The van der Waals surface area contributed by atoms with Crippen LogP contribution < -0.4 is 16.4 Å². The Morgan fingerprint density at radius 2 is 1.95 bits per heavy atom. The van der Waals surface area contributed by atoms with Crippen LogP contribution in [0.15, 0.2) is 18.2 Å². The molecular weight excluding hydrogens is 302 g/mol. The average molecular weight is 326 g/mol. The van der Waals surface area contributed by atoms with Crippen molar-refractivity contribution in [3.63, 3.8) is 0 Å². The van der Waals surface area contributed by atoms with Crippen LogP contribution in [-0.4, -0.2) is 17.9 Å². The molecule has 122 valence electrons. The summed E-state index contributed by atoms with van der Waals surface area (Å²) in [5.41, 5.74) is 8.31. The predicted octanol–water partition coefficient (Wildman–Crippen LogP) is 2.83. The van der Waals surface area contributed by atoms with Crippen molar-refractivity contribution >= 4 is 35.6 Å². The number of carbonyl (C=O) groups is 2. The molecule has 0 bridgehead atoms. The largest absolute Gasteiger partial charge is 0.328 e. The molecule has 0 spiro atoms. The van der Waals surface area contributed by atoms with Gasteiger partial charge in [0.25, 0.3) is 0 Å². The third-order valence-electron chi connectivity index (χ3n) is 3.90. The lowest BCUT2D eigenvalue weighted by atomic mass is 9.85. The smallest absolute Gasteiger partial charge is 0.227 e. The second-order valence-electron chi connectivity index (χ2n) is 5.82. The number of hydrogen-bond acceptors (Lipinski definition) is 3. The predicted molar refractivity (Wildman–Crippen MR) is 91.3 cm³/mol. The number of nitrogens with two attached hydrogens (primary N) is 1. The number of rotatable bonds is 3. The van der Waals surface area contributed by atoms with E-state index >= 15 is 0 Å². The van der Waals surface area contributed by atoms with Gasteiger partial charge in [-0.25, -0.2) is 0 Å². The summed E-state index contributed by atoms with van der Waals surface area (Å²) in [5.74, 6) is -0.123.